The summed E-state index contributed by atoms with van der Waals surface area (Å²) in [6.07, 6.45) is 1.56. The van der Waals surface area contributed by atoms with Gasteiger partial charge in [-0.05, 0) is 45.2 Å². The van der Waals surface area contributed by atoms with Gasteiger partial charge in [-0.25, -0.2) is 0 Å². The molecule has 1 aromatic rings. The quantitative estimate of drug-likeness (QED) is 0.144. The van der Waals surface area contributed by atoms with Crippen LogP contribution in [0.25, 0.3) is 0 Å². The fraction of sp³-hybridized carbons (Fsp3) is 0.625. The van der Waals surface area contributed by atoms with Gasteiger partial charge in [-0.3, -0.25) is 14.4 Å². The molecule has 1 unspecified atom stereocenters. The molecule has 0 aromatic heterocycles. The molecule has 0 N–H and O–H groups in total. The maximum Gasteiger partial charge on any atom is 0.320 e. The molecule has 0 aliphatic heterocycles. The van der Waals surface area contributed by atoms with E-state index in [9.17, 15) is 14.4 Å². The largest absolute Gasteiger partial charge is 0.465 e. The molecular formula is C24H38O6Si. The first kappa shape index (κ1) is 26.9. The van der Waals surface area contributed by atoms with Gasteiger partial charge >= 0.3 is 17.9 Å². The normalized spacial score (nSPS) is 12.7. The zero-order valence-corrected chi connectivity index (χ0v) is 20.9. The molecule has 0 saturated carbocycles. The molecule has 31 heavy (non-hydrogen) atoms. The van der Waals surface area contributed by atoms with E-state index >= 15 is 0 Å². The van der Waals surface area contributed by atoms with E-state index in [1.807, 2.05) is 30.3 Å². The van der Waals surface area contributed by atoms with Crippen molar-refractivity contribution in [3.63, 3.8) is 0 Å². The third-order valence-corrected chi connectivity index (χ3v) is 6.14. The van der Waals surface area contributed by atoms with Gasteiger partial charge in [-0.15, -0.1) is 0 Å². The Kier molecular flexibility index (Phi) is 11.0. The Hall–Kier alpha value is -2.15. The van der Waals surface area contributed by atoms with Crippen LogP contribution < -0.4 is 0 Å². The lowest BCUT2D eigenvalue weighted by Crippen LogP contribution is -2.34. The zero-order chi connectivity index (χ0) is 23.5. The van der Waals surface area contributed by atoms with Crippen molar-refractivity contribution in [3.8, 4) is 0 Å². The Bertz CT molecular complexity index is 703. The molecule has 0 aliphatic rings. The second-order valence-corrected chi connectivity index (χ2v) is 15.6. The summed E-state index contributed by atoms with van der Waals surface area (Å²) in [6.45, 7) is 12.4. The third kappa shape index (κ3) is 13.0. The van der Waals surface area contributed by atoms with Crippen LogP contribution >= 0.6 is 0 Å². The van der Waals surface area contributed by atoms with E-state index in [1.165, 1.54) is 0 Å². The van der Waals surface area contributed by atoms with Gasteiger partial charge in [0.2, 0.25) is 0 Å². The Labute approximate surface area is 187 Å². The second kappa shape index (κ2) is 12.6. The summed E-state index contributed by atoms with van der Waals surface area (Å²) in [7, 11) is -1.35. The Morgan fingerprint density at radius 1 is 0.935 bits per heavy atom. The highest BCUT2D eigenvalue weighted by Gasteiger charge is 2.32. The van der Waals surface area contributed by atoms with Gasteiger partial charge in [0.05, 0.1) is 6.61 Å². The number of rotatable bonds is 12. The first-order valence-corrected chi connectivity index (χ1v) is 14.7. The van der Waals surface area contributed by atoms with Crippen LogP contribution in [0.3, 0.4) is 0 Å². The minimum atomic E-state index is -1.35. The summed E-state index contributed by atoms with van der Waals surface area (Å²) in [5.41, 5.74) is 0.247. The van der Waals surface area contributed by atoms with E-state index in [1.54, 1.807) is 20.8 Å². The second-order valence-electron chi connectivity index (χ2n) is 9.96. The minimum Gasteiger partial charge on any atom is -0.465 e. The van der Waals surface area contributed by atoms with Gasteiger partial charge in [-0.2, -0.15) is 0 Å². The summed E-state index contributed by atoms with van der Waals surface area (Å²) in [5.74, 6) is -2.38. The number of hydrogen-bond acceptors (Lipinski definition) is 6. The van der Waals surface area contributed by atoms with E-state index in [0.29, 0.717) is 19.4 Å². The summed E-state index contributed by atoms with van der Waals surface area (Å²) >= 11 is 0. The van der Waals surface area contributed by atoms with Crippen molar-refractivity contribution in [3.05, 3.63) is 35.9 Å². The number of esters is 3. The van der Waals surface area contributed by atoms with Crippen molar-refractivity contribution in [1.29, 1.82) is 0 Å². The molecule has 1 aromatic carbocycles. The summed E-state index contributed by atoms with van der Waals surface area (Å²) in [6, 6.07) is 10.3. The van der Waals surface area contributed by atoms with Crippen LogP contribution in [0.15, 0.2) is 30.3 Å². The topological polar surface area (TPSA) is 78.9 Å². The SMILES string of the molecule is CC(C)(C)OC(=O)C(CCCCC(=O)OCc1ccccc1)C(=O)OCC[Si](C)(C)C. The molecule has 0 radical (unpaired) electrons. The number of hydrogen-bond donors (Lipinski definition) is 0. The molecule has 0 amide bonds. The predicted octanol–water partition coefficient (Wildman–Crippen LogP) is 5.13. The van der Waals surface area contributed by atoms with Gasteiger partial charge in [0, 0.05) is 14.5 Å². The molecule has 0 aliphatic carbocycles. The number of unbranched alkanes of at least 4 members (excludes halogenated alkanes) is 1. The van der Waals surface area contributed by atoms with Crippen LogP contribution in [0, 0.1) is 5.92 Å². The predicted molar refractivity (Wildman–Crippen MR) is 123 cm³/mol. The van der Waals surface area contributed by atoms with Crippen molar-refractivity contribution >= 4 is 26.0 Å². The molecular weight excluding hydrogens is 412 g/mol. The Morgan fingerprint density at radius 3 is 2.16 bits per heavy atom. The molecule has 0 spiro atoms. The standard InChI is InChI=1S/C24H38O6Si/c1-24(2,3)30-23(27)20(22(26)28-16-17-31(4,5)6)14-10-11-15-21(25)29-18-19-12-8-7-9-13-19/h7-9,12-13,20H,10-11,14-18H2,1-6H3. The van der Waals surface area contributed by atoms with Gasteiger partial charge in [0.1, 0.15) is 12.2 Å². The van der Waals surface area contributed by atoms with Crippen LogP contribution in [0.4, 0.5) is 0 Å². The maximum atomic E-state index is 12.5. The van der Waals surface area contributed by atoms with Crippen molar-refractivity contribution in [2.75, 3.05) is 6.61 Å². The highest BCUT2D eigenvalue weighted by molar-refractivity contribution is 6.76. The lowest BCUT2D eigenvalue weighted by molar-refractivity contribution is -0.169. The fourth-order valence-corrected chi connectivity index (χ4v) is 3.41. The van der Waals surface area contributed by atoms with E-state index in [2.05, 4.69) is 19.6 Å². The summed E-state index contributed by atoms with van der Waals surface area (Å²) in [5, 5.41) is 0. The van der Waals surface area contributed by atoms with Gasteiger partial charge < -0.3 is 14.2 Å². The van der Waals surface area contributed by atoms with E-state index < -0.39 is 31.5 Å². The maximum absolute atomic E-state index is 12.5. The van der Waals surface area contributed by atoms with Crippen LogP contribution in [0.5, 0.6) is 0 Å². The third-order valence-electron chi connectivity index (χ3n) is 4.44. The van der Waals surface area contributed by atoms with Crippen LogP contribution in [0.1, 0.15) is 52.0 Å². The van der Waals surface area contributed by atoms with Crippen molar-refractivity contribution in [1.82, 2.24) is 0 Å². The van der Waals surface area contributed by atoms with Crippen LogP contribution in [-0.4, -0.2) is 38.2 Å². The molecule has 0 fully saturated rings. The lowest BCUT2D eigenvalue weighted by atomic mass is 10.0. The van der Waals surface area contributed by atoms with E-state index in [-0.39, 0.29) is 25.4 Å². The first-order valence-electron chi connectivity index (χ1n) is 11.0. The highest BCUT2D eigenvalue weighted by Crippen LogP contribution is 2.19. The smallest absolute Gasteiger partial charge is 0.320 e. The van der Waals surface area contributed by atoms with Gasteiger partial charge in [0.15, 0.2) is 5.92 Å². The first-order chi connectivity index (χ1) is 14.4. The summed E-state index contributed by atoms with van der Waals surface area (Å²) < 4.78 is 16.1. The van der Waals surface area contributed by atoms with Gasteiger partial charge in [0.25, 0.3) is 0 Å². The molecule has 1 rings (SSSR count). The molecule has 0 saturated heterocycles. The fourth-order valence-electron chi connectivity index (χ4n) is 2.69. The highest BCUT2D eigenvalue weighted by atomic mass is 28.3. The average molecular weight is 451 g/mol. The van der Waals surface area contributed by atoms with E-state index in [4.69, 9.17) is 14.2 Å². The van der Waals surface area contributed by atoms with Crippen LogP contribution in [0.2, 0.25) is 25.7 Å². The number of carbonyl (C=O) groups is 3. The molecule has 6 nitrogen and oxygen atoms in total. The van der Waals surface area contributed by atoms with Crippen LogP contribution in [-0.2, 0) is 35.2 Å². The minimum absolute atomic E-state index is 0.235. The number of ether oxygens (including phenoxy) is 3. The zero-order valence-electron chi connectivity index (χ0n) is 19.9. The van der Waals surface area contributed by atoms with Gasteiger partial charge in [-0.1, -0.05) is 56.4 Å². The Morgan fingerprint density at radius 2 is 1.58 bits per heavy atom. The molecule has 0 heterocycles. The molecule has 174 valence electrons. The van der Waals surface area contributed by atoms with Crippen molar-refractivity contribution in [2.24, 2.45) is 5.92 Å². The Balaban J connectivity index is 2.49. The number of carbonyl (C=O) groups excluding carboxylic acids is 3. The monoisotopic (exact) mass is 450 g/mol. The lowest BCUT2D eigenvalue weighted by Gasteiger charge is -2.23. The molecule has 7 heteroatoms. The molecule has 0 bridgehead atoms. The van der Waals surface area contributed by atoms with Crippen molar-refractivity contribution in [2.45, 2.75) is 84.3 Å². The van der Waals surface area contributed by atoms with E-state index in [0.717, 1.165) is 11.6 Å². The summed E-state index contributed by atoms with van der Waals surface area (Å²) in [4.78, 5) is 37.0. The average Bonchev–Trinajstić information content (AvgIpc) is 2.64. The molecule has 1 atom stereocenters. The van der Waals surface area contributed by atoms with Crippen molar-refractivity contribution < 1.29 is 28.6 Å². The number of benzene rings is 1.